The van der Waals surface area contributed by atoms with E-state index < -0.39 is 12.1 Å². The van der Waals surface area contributed by atoms with Crippen LogP contribution in [0.4, 0.5) is 4.79 Å². The number of esters is 1. The van der Waals surface area contributed by atoms with Gasteiger partial charge in [-0.1, -0.05) is 59.8 Å². The van der Waals surface area contributed by atoms with E-state index in [0.29, 0.717) is 41.3 Å². The second kappa shape index (κ2) is 12.6. The number of oxime groups is 1. The minimum atomic E-state index is -0.924. The van der Waals surface area contributed by atoms with Crippen molar-refractivity contribution in [2.24, 2.45) is 10.9 Å². The lowest BCUT2D eigenvalue weighted by Crippen LogP contribution is -2.16. The molecular formula is C29H30N4O6. The number of imidazole rings is 1. The number of nitrogens with zero attached hydrogens (tertiary/aromatic N) is 3. The number of carbonyl (C=O) groups excluding carboxylic acids is 2. The Hall–Kier alpha value is -4.86. The quantitative estimate of drug-likeness (QED) is 0.0984. The molecule has 0 spiro atoms. The molecule has 202 valence electrons. The molecule has 0 aliphatic rings. The second-order valence-electron chi connectivity index (χ2n) is 8.30. The van der Waals surface area contributed by atoms with E-state index in [1.54, 1.807) is 32.0 Å². The zero-order valence-electron chi connectivity index (χ0n) is 22.0. The maximum atomic E-state index is 12.7. The highest BCUT2D eigenvalue weighted by Crippen LogP contribution is 2.28. The molecule has 0 saturated carbocycles. The lowest BCUT2D eigenvalue weighted by atomic mass is 9.98. The van der Waals surface area contributed by atoms with Crippen molar-refractivity contribution in [3.63, 3.8) is 0 Å². The second-order valence-corrected chi connectivity index (χ2v) is 8.30. The van der Waals surface area contributed by atoms with E-state index in [2.05, 4.69) is 10.1 Å². The van der Waals surface area contributed by atoms with Crippen LogP contribution in [-0.4, -0.2) is 47.3 Å². The fraction of sp³-hybridized carbons (Fsp3) is 0.241. The van der Waals surface area contributed by atoms with Gasteiger partial charge in [0.15, 0.2) is 5.84 Å². The highest BCUT2D eigenvalue weighted by molar-refractivity contribution is 6.03. The molecule has 4 aromatic rings. The molecule has 0 fully saturated rings. The number of hydrogen-bond donors (Lipinski definition) is 1. The van der Waals surface area contributed by atoms with E-state index in [9.17, 15) is 9.59 Å². The molecule has 10 heteroatoms. The Kier molecular flexibility index (Phi) is 8.78. The van der Waals surface area contributed by atoms with Crippen LogP contribution in [0.2, 0.25) is 0 Å². The van der Waals surface area contributed by atoms with Crippen LogP contribution in [0.25, 0.3) is 22.2 Å². The van der Waals surface area contributed by atoms with Crippen LogP contribution < -0.4 is 10.5 Å². The summed E-state index contributed by atoms with van der Waals surface area (Å²) in [5.41, 5.74) is 11.1. The van der Waals surface area contributed by atoms with Gasteiger partial charge in [-0.15, -0.1) is 0 Å². The molecule has 2 N–H and O–H groups in total. The van der Waals surface area contributed by atoms with Crippen LogP contribution in [-0.2, 0) is 20.9 Å². The van der Waals surface area contributed by atoms with Gasteiger partial charge in [-0.3, -0.25) is 9.40 Å². The zero-order chi connectivity index (χ0) is 27.8. The Bertz CT molecular complexity index is 1490. The maximum Gasteiger partial charge on any atom is 0.535 e. The highest BCUT2D eigenvalue weighted by atomic mass is 16.8. The van der Waals surface area contributed by atoms with Crippen LogP contribution in [0.1, 0.15) is 42.3 Å². The maximum absolute atomic E-state index is 12.7. The number of carbonyl (C=O) groups is 2. The molecule has 0 atom stereocenters. The van der Waals surface area contributed by atoms with Gasteiger partial charge < -0.3 is 19.9 Å². The molecule has 1 aromatic heterocycles. The van der Waals surface area contributed by atoms with Gasteiger partial charge >= 0.3 is 12.1 Å². The monoisotopic (exact) mass is 530 g/mol. The summed E-state index contributed by atoms with van der Waals surface area (Å²) >= 11 is 0. The Labute approximate surface area is 225 Å². The number of hydrogen-bond acceptors (Lipinski definition) is 8. The molecular weight excluding hydrogens is 500 g/mol. The number of benzene rings is 3. The van der Waals surface area contributed by atoms with Crippen molar-refractivity contribution in [3.8, 4) is 17.1 Å². The molecule has 0 aliphatic carbocycles. The van der Waals surface area contributed by atoms with E-state index >= 15 is 0 Å². The first kappa shape index (κ1) is 27.2. The lowest BCUT2D eigenvalue weighted by Gasteiger charge is -2.13. The predicted octanol–water partition coefficient (Wildman–Crippen LogP) is 5.12. The Morgan fingerprint density at radius 3 is 2.31 bits per heavy atom. The Balaban J connectivity index is 1.66. The van der Waals surface area contributed by atoms with Crippen LogP contribution in [0, 0.1) is 0 Å². The molecule has 0 radical (unpaired) electrons. The van der Waals surface area contributed by atoms with Crippen LogP contribution in [0.3, 0.4) is 0 Å². The van der Waals surface area contributed by atoms with Gasteiger partial charge in [0.2, 0.25) is 0 Å². The number of nitrogens with two attached hydrogens (primary N) is 1. The third-order valence-corrected chi connectivity index (χ3v) is 5.79. The summed E-state index contributed by atoms with van der Waals surface area (Å²) in [4.78, 5) is 33.5. The van der Waals surface area contributed by atoms with Crippen LogP contribution in [0.5, 0.6) is 6.01 Å². The lowest BCUT2D eigenvalue weighted by molar-refractivity contribution is 0.0527. The number of rotatable bonds is 10. The zero-order valence-corrected chi connectivity index (χ0v) is 22.0. The van der Waals surface area contributed by atoms with E-state index in [1.807, 2.05) is 60.0 Å². The Morgan fingerprint density at radius 2 is 1.59 bits per heavy atom. The summed E-state index contributed by atoms with van der Waals surface area (Å²) in [5.74, 6) is -0.370. The van der Waals surface area contributed by atoms with Crippen molar-refractivity contribution >= 4 is 29.0 Å². The third-order valence-electron chi connectivity index (χ3n) is 5.79. The molecule has 0 amide bonds. The number of para-hydroxylation sites is 1. The highest BCUT2D eigenvalue weighted by Gasteiger charge is 2.20. The summed E-state index contributed by atoms with van der Waals surface area (Å²) < 4.78 is 17.7. The largest absolute Gasteiger partial charge is 0.535 e. The van der Waals surface area contributed by atoms with Gasteiger partial charge in [0.1, 0.15) is 0 Å². The summed E-state index contributed by atoms with van der Waals surface area (Å²) in [7, 11) is 0. The first-order chi connectivity index (χ1) is 19.0. The van der Waals surface area contributed by atoms with Gasteiger partial charge in [0.05, 0.1) is 43.0 Å². The van der Waals surface area contributed by atoms with Gasteiger partial charge in [-0.25, -0.2) is 9.59 Å². The molecule has 0 aliphatic heterocycles. The van der Waals surface area contributed by atoms with Gasteiger partial charge in [0.25, 0.3) is 6.01 Å². The molecule has 10 nitrogen and oxygen atoms in total. The van der Waals surface area contributed by atoms with Gasteiger partial charge in [-0.2, -0.15) is 4.98 Å². The number of fused-ring (bicyclic) bond motifs is 1. The third kappa shape index (κ3) is 6.18. The van der Waals surface area contributed by atoms with Crippen molar-refractivity contribution in [2.75, 3.05) is 19.8 Å². The van der Waals surface area contributed by atoms with E-state index in [0.717, 1.165) is 16.7 Å². The summed E-state index contributed by atoms with van der Waals surface area (Å²) in [5, 5.41) is 3.72. The topological polar surface area (TPSA) is 127 Å². The average molecular weight is 531 g/mol. The number of amidine groups is 1. The van der Waals surface area contributed by atoms with Crippen molar-refractivity contribution in [2.45, 2.75) is 27.3 Å². The van der Waals surface area contributed by atoms with Gasteiger partial charge in [-0.05, 0) is 49.6 Å². The minimum Gasteiger partial charge on any atom is -0.465 e. The molecule has 0 bridgehead atoms. The SMILES string of the molecule is CCOC(=O)O/N=C(/N)c1ccccc1-c1ccc(Cn2c(OCC)nc3cccc(C(=O)OCC)c32)cc1. The molecule has 3 aromatic carbocycles. The normalized spacial score (nSPS) is 11.3. The average Bonchev–Trinajstić information content (AvgIpc) is 3.29. The van der Waals surface area contributed by atoms with Crippen molar-refractivity contribution in [1.29, 1.82) is 0 Å². The first-order valence-corrected chi connectivity index (χ1v) is 12.6. The molecule has 0 saturated heterocycles. The van der Waals surface area contributed by atoms with Crippen molar-refractivity contribution < 1.29 is 28.6 Å². The van der Waals surface area contributed by atoms with E-state index in [-0.39, 0.29) is 19.0 Å². The van der Waals surface area contributed by atoms with Gasteiger partial charge in [0, 0.05) is 5.56 Å². The molecule has 0 unspecified atom stereocenters. The van der Waals surface area contributed by atoms with Crippen molar-refractivity contribution in [1.82, 2.24) is 9.55 Å². The fourth-order valence-corrected chi connectivity index (χ4v) is 4.13. The van der Waals surface area contributed by atoms with Crippen LogP contribution >= 0.6 is 0 Å². The predicted molar refractivity (Wildman–Crippen MR) is 147 cm³/mol. The molecule has 1 heterocycles. The summed E-state index contributed by atoms with van der Waals surface area (Å²) in [6.45, 7) is 6.61. The van der Waals surface area contributed by atoms with E-state index in [4.69, 9.17) is 24.8 Å². The van der Waals surface area contributed by atoms with Crippen LogP contribution in [0.15, 0.2) is 71.9 Å². The smallest absolute Gasteiger partial charge is 0.465 e. The number of ether oxygens (including phenoxy) is 3. The fourth-order valence-electron chi connectivity index (χ4n) is 4.13. The summed E-state index contributed by atoms with van der Waals surface area (Å²) in [6.07, 6.45) is -0.924. The standard InChI is InChI=1S/C29H30N4O6/c1-4-36-27(34)23-12-9-13-24-25(23)33(28(31-24)37-5-2)18-19-14-16-20(17-15-19)21-10-7-8-11-22(21)26(30)32-39-29(35)38-6-3/h7-17H,4-6,18H2,1-3H3,(H2,30,32). The number of aromatic nitrogens is 2. The van der Waals surface area contributed by atoms with Crippen molar-refractivity contribution in [3.05, 3.63) is 83.4 Å². The summed E-state index contributed by atoms with van der Waals surface area (Å²) in [6, 6.07) is 21.0. The van der Waals surface area contributed by atoms with E-state index in [1.165, 1.54) is 0 Å². The molecule has 39 heavy (non-hydrogen) atoms. The first-order valence-electron chi connectivity index (χ1n) is 12.6. The Morgan fingerprint density at radius 1 is 0.872 bits per heavy atom. The molecule has 4 rings (SSSR count). The minimum absolute atomic E-state index is 0.0421.